The van der Waals surface area contributed by atoms with Gasteiger partial charge in [0.2, 0.25) is 0 Å². The Kier molecular flexibility index (Phi) is 6.61. The Bertz CT molecular complexity index is 877. The highest BCUT2D eigenvalue weighted by Crippen LogP contribution is 2.34. The largest absolute Gasteiger partial charge is 0.465 e. The van der Waals surface area contributed by atoms with Gasteiger partial charge in [-0.15, -0.1) is 11.3 Å². The summed E-state index contributed by atoms with van der Waals surface area (Å²) < 4.78 is 14.2. The lowest BCUT2D eigenvalue weighted by Crippen LogP contribution is -2.22. The molecule has 0 bridgehead atoms. The predicted molar refractivity (Wildman–Crippen MR) is 94.9 cm³/mol. The molecule has 0 aliphatic carbocycles. The fraction of sp³-hybridized carbons (Fsp3) is 0.235. The number of ether oxygens (including phenoxy) is 3. The van der Waals surface area contributed by atoms with E-state index in [9.17, 15) is 19.2 Å². The number of hydrogen-bond acceptors (Lipinski definition) is 9. The van der Waals surface area contributed by atoms with Gasteiger partial charge in [0.1, 0.15) is 15.6 Å². The zero-order chi connectivity index (χ0) is 20.0. The fourth-order valence-corrected chi connectivity index (χ4v) is 3.22. The number of anilines is 1. The summed E-state index contributed by atoms with van der Waals surface area (Å²) in [6.45, 7) is 0.937. The average molecular weight is 392 g/mol. The topological polar surface area (TPSA) is 121 Å². The fourth-order valence-electron chi connectivity index (χ4n) is 2.09. The molecule has 2 heterocycles. The quantitative estimate of drug-likeness (QED) is 0.584. The molecule has 0 saturated heterocycles. The van der Waals surface area contributed by atoms with Crippen molar-refractivity contribution in [1.82, 2.24) is 4.98 Å². The van der Waals surface area contributed by atoms with Crippen LogP contribution >= 0.6 is 11.3 Å². The van der Waals surface area contributed by atoms with Crippen molar-refractivity contribution in [2.24, 2.45) is 0 Å². The van der Waals surface area contributed by atoms with Crippen molar-refractivity contribution in [3.05, 3.63) is 46.1 Å². The van der Waals surface area contributed by atoms with Crippen molar-refractivity contribution < 1.29 is 33.4 Å². The summed E-state index contributed by atoms with van der Waals surface area (Å²) >= 11 is 0.861. The molecule has 0 saturated carbocycles. The summed E-state index contributed by atoms with van der Waals surface area (Å²) in [5, 5.41) is 2.54. The average Bonchev–Trinajstić information content (AvgIpc) is 3.01. The maximum Gasteiger partial charge on any atom is 0.357 e. The second-order valence-corrected chi connectivity index (χ2v) is 6.10. The molecule has 0 fully saturated rings. The number of rotatable bonds is 6. The Morgan fingerprint density at radius 2 is 1.78 bits per heavy atom. The van der Waals surface area contributed by atoms with Gasteiger partial charge in [0.25, 0.3) is 5.91 Å². The molecule has 0 atom stereocenters. The molecule has 142 valence electrons. The molecule has 2 aromatic rings. The SMILES string of the molecule is COC(=O)c1sc(NC(=O)COC(=O)c2ccccn2)c(C(=O)OC)c1C. The van der Waals surface area contributed by atoms with Crippen LogP contribution in [0, 0.1) is 6.92 Å². The first-order valence-corrected chi connectivity index (χ1v) is 8.38. The number of hydrogen-bond donors (Lipinski definition) is 1. The van der Waals surface area contributed by atoms with Gasteiger partial charge in [-0.05, 0) is 24.6 Å². The molecule has 0 aromatic carbocycles. The summed E-state index contributed by atoms with van der Waals surface area (Å²) in [5.41, 5.74) is 0.410. The van der Waals surface area contributed by atoms with Crippen molar-refractivity contribution >= 4 is 40.2 Å². The van der Waals surface area contributed by atoms with Gasteiger partial charge in [-0.25, -0.2) is 19.4 Å². The minimum absolute atomic E-state index is 0.0345. The monoisotopic (exact) mass is 392 g/mol. The molecule has 1 N–H and O–H groups in total. The molecule has 2 rings (SSSR count). The van der Waals surface area contributed by atoms with Gasteiger partial charge in [0.05, 0.1) is 19.8 Å². The predicted octanol–water partition coefficient (Wildman–Crippen LogP) is 1.82. The highest BCUT2D eigenvalue weighted by Gasteiger charge is 2.27. The molecule has 2 aromatic heterocycles. The number of aromatic nitrogens is 1. The van der Waals surface area contributed by atoms with Crippen LogP contribution in [0.15, 0.2) is 24.4 Å². The molecule has 0 radical (unpaired) electrons. The minimum Gasteiger partial charge on any atom is -0.465 e. The smallest absolute Gasteiger partial charge is 0.357 e. The van der Waals surface area contributed by atoms with E-state index in [-0.39, 0.29) is 21.1 Å². The molecule has 0 unspecified atom stereocenters. The van der Waals surface area contributed by atoms with Crippen molar-refractivity contribution in [3.8, 4) is 0 Å². The van der Waals surface area contributed by atoms with Gasteiger partial charge in [-0.1, -0.05) is 6.07 Å². The van der Waals surface area contributed by atoms with Crippen LogP contribution in [-0.2, 0) is 19.0 Å². The van der Waals surface area contributed by atoms with Crippen LogP contribution in [0.5, 0.6) is 0 Å². The number of carbonyl (C=O) groups is 4. The number of carbonyl (C=O) groups excluding carboxylic acids is 4. The number of pyridine rings is 1. The Labute approximate surface area is 158 Å². The van der Waals surface area contributed by atoms with E-state index >= 15 is 0 Å². The van der Waals surface area contributed by atoms with Crippen LogP contribution in [0.25, 0.3) is 0 Å². The first-order chi connectivity index (χ1) is 12.9. The Morgan fingerprint density at radius 1 is 1.07 bits per heavy atom. The molecule has 0 aliphatic rings. The third kappa shape index (κ3) is 4.67. The number of methoxy groups -OCH3 is 2. The van der Waals surface area contributed by atoms with Gasteiger partial charge in [-0.3, -0.25) is 4.79 Å². The third-order valence-electron chi connectivity index (χ3n) is 3.37. The standard InChI is InChI=1S/C17H16N2O7S/c1-9-12(16(22)24-2)14(27-13(9)17(23)25-3)19-11(20)8-26-15(21)10-6-4-5-7-18-10/h4-7H,8H2,1-3H3,(H,19,20). The highest BCUT2D eigenvalue weighted by molar-refractivity contribution is 7.18. The number of thiophene rings is 1. The van der Waals surface area contributed by atoms with Gasteiger partial charge < -0.3 is 19.5 Å². The van der Waals surface area contributed by atoms with E-state index < -0.39 is 30.4 Å². The molecular formula is C17H16N2O7S. The number of esters is 3. The zero-order valence-corrected chi connectivity index (χ0v) is 15.5. The normalized spacial score (nSPS) is 10.0. The first kappa shape index (κ1) is 20.0. The van der Waals surface area contributed by atoms with E-state index in [0.717, 1.165) is 11.3 Å². The number of nitrogens with one attached hydrogen (secondary N) is 1. The summed E-state index contributed by atoms with van der Waals surface area (Å²) in [6.07, 6.45) is 1.42. The Balaban J connectivity index is 2.13. The van der Waals surface area contributed by atoms with Crippen LogP contribution in [0.3, 0.4) is 0 Å². The van der Waals surface area contributed by atoms with Crippen LogP contribution in [0.1, 0.15) is 36.1 Å². The molecule has 0 aliphatic heterocycles. The van der Waals surface area contributed by atoms with Crippen molar-refractivity contribution in [2.45, 2.75) is 6.92 Å². The van der Waals surface area contributed by atoms with Crippen LogP contribution in [0.4, 0.5) is 5.00 Å². The summed E-state index contributed by atoms with van der Waals surface area (Å²) in [7, 11) is 2.38. The van der Waals surface area contributed by atoms with Crippen molar-refractivity contribution in [1.29, 1.82) is 0 Å². The molecule has 0 spiro atoms. The van der Waals surface area contributed by atoms with Crippen LogP contribution < -0.4 is 5.32 Å². The number of nitrogens with zero attached hydrogens (tertiary/aromatic N) is 1. The van der Waals surface area contributed by atoms with E-state index in [4.69, 9.17) is 9.47 Å². The highest BCUT2D eigenvalue weighted by atomic mass is 32.1. The second kappa shape index (κ2) is 8.90. The lowest BCUT2D eigenvalue weighted by Gasteiger charge is -2.07. The van der Waals surface area contributed by atoms with E-state index in [1.165, 1.54) is 33.4 Å². The third-order valence-corrected chi connectivity index (χ3v) is 4.56. The molecule has 10 heteroatoms. The van der Waals surface area contributed by atoms with Crippen molar-refractivity contribution in [2.75, 3.05) is 26.1 Å². The van der Waals surface area contributed by atoms with Gasteiger partial charge >= 0.3 is 17.9 Å². The Morgan fingerprint density at radius 3 is 2.37 bits per heavy atom. The summed E-state index contributed by atoms with van der Waals surface area (Å²) in [5.74, 6) is -2.83. The van der Waals surface area contributed by atoms with Crippen molar-refractivity contribution in [3.63, 3.8) is 0 Å². The van der Waals surface area contributed by atoms with E-state index in [0.29, 0.717) is 5.56 Å². The minimum atomic E-state index is -0.767. The summed E-state index contributed by atoms with van der Waals surface area (Å²) in [6, 6.07) is 4.69. The lowest BCUT2D eigenvalue weighted by atomic mass is 10.1. The van der Waals surface area contributed by atoms with E-state index in [2.05, 4.69) is 15.0 Å². The Hall–Kier alpha value is -3.27. The maximum absolute atomic E-state index is 12.1. The summed E-state index contributed by atoms with van der Waals surface area (Å²) in [4.78, 5) is 51.7. The van der Waals surface area contributed by atoms with Crippen LogP contribution in [0.2, 0.25) is 0 Å². The molecule has 27 heavy (non-hydrogen) atoms. The van der Waals surface area contributed by atoms with Gasteiger partial charge in [0.15, 0.2) is 6.61 Å². The molecule has 9 nitrogen and oxygen atoms in total. The first-order valence-electron chi connectivity index (χ1n) is 7.57. The lowest BCUT2D eigenvalue weighted by molar-refractivity contribution is -0.119. The second-order valence-electron chi connectivity index (χ2n) is 5.08. The molecule has 1 amide bonds. The number of amides is 1. The maximum atomic E-state index is 12.1. The zero-order valence-electron chi connectivity index (χ0n) is 14.7. The van der Waals surface area contributed by atoms with Crippen LogP contribution in [-0.4, -0.2) is 49.6 Å². The van der Waals surface area contributed by atoms with Gasteiger partial charge in [0, 0.05) is 6.20 Å². The molecular weight excluding hydrogens is 376 g/mol. The van der Waals surface area contributed by atoms with Gasteiger partial charge in [-0.2, -0.15) is 0 Å². The van der Waals surface area contributed by atoms with E-state index in [1.54, 1.807) is 12.1 Å². The van der Waals surface area contributed by atoms with E-state index in [1.807, 2.05) is 0 Å².